The third kappa shape index (κ3) is 6.14. The number of amides is 1. The number of carbonyl (C=O) groups is 1. The SMILES string of the molecule is CCOCC(C)NCC(=O)Nc1cccc(Br)c1. The Balaban J connectivity index is 2.29. The molecule has 0 aliphatic rings. The van der Waals surface area contributed by atoms with Crippen LogP contribution in [0.2, 0.25) is 0 Å². The summed E-state index contributed by atoms with van der Waals surface area (Å²) in [7, 11) is 0. The molecular weight excluding hydrogens is 296 g/mol. The number of halogens is 1. The average molecular weight is 315 g/mol. The number of carbonyl (C=O) groups excluding carboxylic acids is 1. The summed E-state index contributed by atoms with van der Waals surface area (Å²) in [6.45, 7) is 5.52. The molecule has 0 spiro atoms. The zero-order valence-corrected chi connectivity index (χ0v) is 12.3. The summed E-state index contributed by atoms with van der Waals surface area (Å²) in [5.41, 5.74) is 0.786. The van der Waals surface area contributed by atoms with E-state index < -0.39 is 0 Å². The van der Waals surface area contributed by atoms with Gasteiger partial charge < -0.3 is 15.4 Å². The maximum absolute atomic E-state index is 11.7. The molecule has 5 heteroatoms. The second-order valence-corrected chi connectivity index (χ2v) is 4.92. The van der Waals surface area contributed by atoms with Crippen molar-refractivity contribution in [3.8, 4) is 0 Å². The van der Waals surface area contributed by atoms with Crippen LogP contribution >= 0.6 is 15.9 Å². The van der Waals surface area contributed by atoms with E-state index in [0.717, 1.165) is 10.2 Å². The van der Waals surface area contributed by atoms with Gasteiger partial charge in [0.15, 0.2) is 0 Å². The summed E-state index contributed by atoms with van der Waals surface area (Å²) in [5.74, 6) is -0.0588. The quantitative estimate of drug-likeness (QED) is 0.812. The Morgan fingerprint density at radius 3 is 2.94 bits per heavy atom. The molecule has 0 aliphatic carbocycles. The summed E-state index contributed by atoms with van der Waals surface area (Å²) >= 11 is 3.36. The molecule has 0 saturated heterocycles. The Labute approximate surface area is 116 Å². The highest BCUT2D eigenvalue weighted by atomic mass is 79.9. The molecule has 0 radical (unpaired) electrons. The topological polar surface area (TPSA) is 50.4 Å². The van der Waals surface area contributed by atoms with Crippen LogP contribution in [0.5, 0.6) is 0 Å². The zero-order valence-electron chi connectivity index (χ0n) is 10.7. The van der Waals surface area contributed by atoms with E-state index in [1.165, 1.54) is 0 Å². The van der Waals surface area contributed by atoms with Crippen molar-refractivity contribution >= 4 is 27.5 Å². The van der Waals surface area contributed by atoms with Crippen molar-refractivity contribution in [3.05, 3.63) is 28.7 Å². The predicted octanol–water partition coefficient (Wildman–Crippen LogP) is 2.40. The van der Waals surface area contributed by atoms with Gasteiger partial charge in [-0.25, -0.2) is 0 Å². The molecule has 1 amide bonds. The molecule has 1 unspecified atom stereocenters. The van der Waals surface area contributed by atoms with Crippen molar-refractivity contribution < 1.29 is 9.53 Å². The molecule has 18 heavy (non-hydrogen) atoms. The van der Waals surface area contributed by atoms with E-state index in [-0.39, 0.29) is 18.5 Å². The van der Waals surface area contributed by atoms with Crippen LogP contribution in [-0.2, 0) is 9.53 Å². The number of anilines is 1. The lowest BCUT2D eigenvalue weighted by atomic mass is 10.3. The first-order valence-corrected chi connectivity index (χ1v) is 6.77. The molecule has 100 valence electrons. The minimum absolute atomic E-state index is 0.0588. The van der Waals surface area contributed by atoms with E-state index in [1.54, 1.807) is 0 Å². The second-order valence-electron chi connectivity index (χ2n) is 4.00. The molecule has 0 saturated carbocycles. The van der Waals surface area contributed by atoms with Gasteiger partial charge in [0, 0.05) is 22.8 Å². The average Bonchev–Trinajstić information content (AvgIpc) is 2.34. The van der Waals surface area contributed by atoms with E-state index in [9.17, 15) is 4.79 Å². The van der Waals surface area contributed by atoms with Gasteiger partial charge in [0.2, 0.25) is 5.91 Å². The predicted molar refractivity (Wildman–Crippen MR) is 76.7 cm³/mol. The first-order valence-electron chi connectivity index (χ1n) is 5.98. The number of ether oxygens (including phenoxy) is 1. The molecular formula is C13H19BrN2O2. The highest BCUT2D eigenvalue weighted by molar-refractivity contribution is 9.10. The lowest BCUT2D eigenvalue weighted by molar-refractivity contribution is -0.115. The van der Waals surface area contributed by atoms with Crippen molar-refractivity contribution in [1.29, 1.82) is 0 Å². The summed E-state index contributed by atoms with van der Waals surface area (Å²) in [5, 5.41) is 5.93. The standard InChI is InChI=1S/C13H19BrN2O2/c1-3-18-9-10(2)15-8-13(17)16-12-6-4-5-11(14)7-12/h4-7,10,15H,3,8-9H2,1-2H3,(H,16,17). The number of rotatable bonds is 7. The fourth-order valence-corrected chi connectivity index (χ4v) is 1.79. The molecule has 4 nitrogen and oxygen atoms in total. The van der Waals surface area contributed by atoms with E-state index in [1.807, 2.05) is 38.1 Å². The van der Waals surface area contributed by atoms with Gasteiger partial charge in [-0.05, 0) is 32.0 Å². The minimum Gasteiger partial charge on any atom is -0.380 e. The van der Waals surface area contributed by atoms with E-state index in [0.29, 0.717) is 13.2 Å². The normalized spacial score (nSPS) is 12.2. The summed E-state index contributed by atoms with van der Waals surface area (Å²) in [6.07, 6.45) is 0. The zero-order chi connectivity index (χ0) is 13.4. The molecule has 1 aromatic rings. The van der Waals surface area contributed by atoms with Crippen LogP contribution in [0.15, 0.2) is 28.7 Å². The Kier molecular flexibility index (Phi) is 6.93. The maximum Gasteiger partial charge on any atom is 0.238 e. The third-order valence-corrected chi connectivity index (χ3v) is 2.78. The van der Waals surface area contributed by atoms with Crippen molar-refractivity contribution in [3.63, 3.8) is 0 Å². The molecule has 1 atom stereocenters. The van der Waals surface area contributed by atoms with Crippen LogP contribution in [-0.4, -0.2) is 31.7 Å². The fourth-order valence-electron chi connectivity index (χ4n) is 1.39. The largest absolute Gasteiger partial charge is 0.380 e. The Morgan fingerprint density at radius 2 is 2.28 bits per heavy atom. The molecule has 0 aliphatic heterocycles. The van der Waals surface area contributed by atoms with Gasteiger partial charge in [-0.15, -0.1) is 0 Å². The highest BCUT2D eigenvalue weighted by Crippen LogP contribution is 2.15. The summed E-state index contributed by atoms with van der Waals surface area (Å²) < 4.78 is 6.20. The lowest BCUT2D eigenvalue weighted by Crippen LogP contribution is -2.37. The minimum atomic E-state index is -0.0588. The Hall–Kier alpha value is -0.910. The number of benzene rings is 1. The third-order valence-electron chi connectivity index (χ3n) is 2.29. The van der Waals surface area contributed by atoms with Gasteiger partial charge in [-0.1, -0.05) is 22.0 Å². The van der Waals surface area contributed by atoms with Gasteiger partial charge in [0.1, 0.15) is 0 Å². The van der Waals surface area contributed by atoms with Crippen molar-refractivity contribution in [1.82, 2.24) is 5.32 Å². The van der Waals surface area contributed by atoms with Gasteiger partial charge >= 0.3 is 0 Å². The fraction of sp³-hybridized carbons (Fsp3) is 0.462. The summed E-state index contributed by atoms with van der Waals surface area (Å²) in [4.78, 5) is 11.7. The van der Waals surface area contributed by atoms with Crippen LogP contribution in [0.4, 0.5) is 5.69 Å². The van der Waals surface area contributed by atoms with Gasteiger partial charge in [-0.2, -0.15) is 0 Å². The first kappa shape index (κ1) is 15.1. The van der Waals surface area contributed by atoms with Crippen LogP contribution in [0.3, 0.4) is 0 Å². The molecule has 1 rings (SSSR count). The molecule has 0 heterocycles. The van der Waals surface area contributed by atoms with Crippen LogP contribution in [0, 0.1) is 0 Å². The Morgan fingerprint density at radius 1 is 1.50 bits per heavy atom. The van der Waals surface area contributed by atoms with Gasteiger partial charge in [0.25, 0.3) is 0 Å². The first-order chi connectivity index (χ1) is 8.61. The number of nitrogens with one attached hydrogen (secondary N) is 2. The van der Waals surface area contributed by atoms with E-state index >= 15 is 0 Å². The highest BCUT2D eigenvalue weighted by Gasteiger charge is 2.06. The van der Waals surface area contributed by atoms with Crippen LogP contribution in [0.1, 0.15) is 13.8 Å². The van der Waals surface area contributed by atoms with E-state index in [4.69, 9.17) is 4.74 Å². The van der Waals surface area contributed by atoms with Crippen molar-refractivity contribution in [2.24, 2.45) is 0 Å². The molecule has 1 aromatic carbocycles. The Bertz CT molecular complexity index is 385. The number of hydrogen-bond donors (Lipinski definition) is 2. The van der Waals surface area contributed by atoms with Crippen LogP contribution in [0.25, 0.3) is 0 Å². The van der Waals surface area contributed by atoms with Gasteiger partial charge in [0.05, 0.1) is 13.2 Å². The smallest absolute Gasteiger partial charge is 0.238 e. The summed E-state index contributed by atoms with van der Waals surface area (Å²) in [6, 6.07) is 7.68. The van der Waals surface area contributed by atoms with Crippen LogP contribution < -0.4 is 10.6 Å². The van der Waals surface area contributed by atoms with Crippen molar-refractivity contribution in [2.75, 3.05) is 25.1 Å². The van der Waals surface area contributed by atoms with Gasteiger partial charge in [-0.3, -0.25) is 4.79 Å². The number of hydrogen-bond acceptors (Lipinski definition) is 3. The molecule has 0 bridgehead atoms. The molecule has 0 aromatic heterocycles. The van der Waals surface area contributed by atoms with Crippen molar-refractivity contribution in [2.45, 2.75) is 19.9 Å². The lowest BCUT2D eigenvalue weighted by Gasteiger charge is -2.13. The molecule has 0 fully saturated rings. The monoisotopic (exact) mass is 314 g/mol. The molecule has 2 N–H and O–H groups in total. The maximum atomic E-state index is 11.7. The second kappa shape index (κ2) is 8.24. The van der Waals surface area contributed by atoms with E-state index in [2.05, 4.69) is 26.6 Å².